The lowest BCUT2D eigenvalue weighted by molar-refractivity contribution is 0.0689. The van der Waals surface area contributed by atoms with Crippen LogP contribution in [0.25, 0.3) is 22.2 Å². The third kappa shape index (κ3) is 3.57. The van der Waals surface area contributed by atoms with Gasteiger partial charge in [0, 0.05) is 28.6 Å². The van der Waals surface area contributed by atoms with Crippen molar-refractivity contribution >= 4 is 16.9 Å². The number of ether oxygens (including phenoxy) is 2. The molecule has 6 rings (SSSR count). The van der Waals surface area contributed by atoms with Crippen molar-refractivity contribution in [3.63, 3.8) is 0 Å². The number of nitrogens with zero attached hydrogens (tertiary/aromatic N) is 2. The molecule has 0 saturated carbocycles. The molecule has 0 atom stereocenters. The normalized spacial score (nSPS) is 12.4. The first-order valence-electron chi connectivity index (χ1n) is 11.0. The Hall–Kier alpha value is -4.52. The molecule has 1 aliphatic heterocycles. The highest BCUT2D eigenvalue weighted by atomic mass is 16.7. The fraction of sp³-hybridized carbons (Fsp3) is 0.111. The number of aromatic carboxylic acids is 1. The van der Waals surface area contributed by atoms with Crippen LogP contribution < -0.4 is 9.47 Å². The van der Waals surface area contributed by atoms with Crippen LogP contribution in [-0.2, 0) is 13.0 Å². The van der Waals surface area contributed by atoms with Crippen LogP contribution in [0.2, 0.25) is 0 Å². The SMILES string of the molecule is O=C(O)c1cc(-c2c(Cc3ccc4c(c3)OCO4)[nH]c3ccccc23)n(Cc2ccccc2)n1. The number of nitrogens with one attached hydrogen (secondary N) is 1. The molecule has 1 aliphatic rings. The van der Waals surface area contributed by atoms with Crippen molar-refractivity contribution in [2.24, 2.45) is 0 Å². The van der Waals surface area contributed by atoms with Crippen LogP contribution in [0.4, 0.5) is 0 Å². The maximum absolute atomic E-state index is 11.8. The number of rotatable bonds is 6. The number of hydrogen-bond acceptors (Lipinski definition) is 4. The highest BCUT2D eigenvalue weighted by Gasteiger charge is 2.22. The topological polar surface area (TPSA) is 89.4 Å². The van der Waals surface area contributed by atoms with Gasteiger partial charge in [0.2, 0.25) is 6.79 Å². The summed E-state index contributed by atoms with van der Waals surface area (Å²) in [4.78, 5) is 15.4. The van der Waals surface area contributed by atoms with E-state index in [9.17, 15) is 9.90 Å². The maximum atomic E-state index is 11.8. The Morgan fingerprint density at radius 1 is 0.941 bits per heavy atom. The van der Waals surface area contributed by atoms with E-state index in [0.29, 0.717) is 13.0 Å². The molecule has 0 radical (unpaired) electrons. The van der Waals surface area contributed by atoms with Gasteiger partial charge in [-0.3, -0.25) is 4.68 Å². The number of hydrogen-bond donors (Lipinski definition) is 2. The van der Waals surface area contributed by atoms with E-state index in [0.717, 1.165) is 50.5 Å². The van der Waals surface area contributed by atoms with E-state index >= 15 is 0 Å². The van der Waals surface area contributed by atoms with Crippen molar-refractivity contribution in [2.75, 3.05) is 6.79 Å². The van der Waals surface area contributed by atoms with Gasteiger partial charge in [0.25, 0.3) is 0 Å². The van der Waals surface area contributed by atoms with E-state index in [1.807, 2.05) is 72.8 Å². The number of aromatic nitrogens is 3. The van der Waals surface area contributed by atoms with Gasteiger partial charge in [0.15, 0.2) is 17.2 Å². The van der Waals surface area contributed by atoms with Crippen molar-refractivity contribution < 1.29 is 19.4 Å². The number of carboxylic acid groups (broad SMARTS) is 1. The summed E-state index contributed by atoms with van der Waals surface area (Å²) in [6, 6.07) is 25.5. The highest BCUT2D eigenvalue weighted by Crippen LogP contribution is 2.37. The molecule has 0 spiro atoms. The number of H-pyrrole nitrogens is 1. The molecule has 0 amide bonds. The number of aromatic amines is 1. The predicted octanol–water partition coefficient (Wildman–Crippen LogP) is 5.10. The molecule has 0 aliphatic carbocycles. The molecule has 168 valence electrons. The molecular formula is C27H21N3O4. The molecular weight excluding hydrogens is 430 g/mol. The van der Waals surface area contributed by atoms with Gasteiger partial charge in [-0.2, -0.15) is 5.10 Å². The maximum Gasteiger partial charge on any atom is 0.356 e. The Morgan fingerprint density at radius 3 is 2.59 bits per heavy atom. The van der Waals surface area contributed by atoms with E-state index in [1.54, 1.807) is 10.7 Å². The monoisotopic (exact) mass is 451 g/mol. The van der Waals surface area contributed by atoms with Crippen molar-refractivity contribution in [2.45, 2.75) is 13.0 Å². The summed E-state index contributed by atoms with van der Waals surface area (Å²) in [5.74, 6) is 0.426. The Bertz CT molecular complexity index is 1520. The van der Waals surface area contributed by atoms with Gasteiger partial charge in [0.05, 0.1) is 12.2 Å². The van der Waals surface area contributed by atoms with Gasteiger partial charge >= 0.3 is 5.97 Å². The number of carboxylic acids is 1. The minimum absolute atomic E-state index is 0.0187. The van der Waals surface area contributed by atoms with Crippen LogP contribution in [0.3, 0.4) is 0 Å². The van der Waals surface area contributed by atoms with Crippen LogP contribution in [0, 0.1) is 0 Å². The first kappa shape index (κ1) is 20.1. The molecule has 0 saturated heterocycles. The molecule has 3 aromatic carbocycles. The average molecular weight is 451 g/mol. The van der Waals surface area contributed by atoms with E-state index in [2.05, 4.69) is 10.1 Å². The Kier molecular flexibility index (Phi) is 4.80. The number of benzene rings is 3. The van der Waals surface area contributed by atoms with Gasteiger partial charge in [-0.05, 0) is 35.4 Å². The standard InChI is InChI=1S/C27H21N3O4/c31-27(32)22-14-23(30(29-22)15-17-6-2-1-3-7-17)26-19-8-4-5-9-20(19)28-21(26)12-18-10-11-24-25(13-18)34-16-33-24/h1-11,13-14,28H,12,15-16H2,(H,31,32). The summed E-state index contributed by atoms with van der Waals surface area (Å²) in [5, 5.41) is 15.1. The van der Waals surface area contributed by atoms with Crippen LogP contribution >= 0.6 is 0 Å². The molecule has 2 N–H and O–H groups in total. The molecule has 7 heteroatoms. The molecule has 2 aromatic heterocycles. The third-order valence-corrected chi connectivity index (χ3v) is 6.03. The lowest BCUT2D eigenvalue weighted by atomic mass is 10.0. The fourth-order valence-electron chi connectivity index (χ4n) is 4.48. The zero-order valence-electron chi connectivity index (χ0n) is 18.2. The predicted molar refractivity (Wildman–Crippen MR) is 127 cm³/mol. The summed E-state index contributed by atoms with van der Waals surface area (Å²) in [6.07, 6.45) is 0.611. The molecule has 5 aromatic rings. The Morgan fingerprint density at radius 2 is 1.74 bits per heavy atom. The van der Waals surface area contributed by atoms with Crippen LogP contribution in [0.1, 0.15) is 27.3 Å². The van der Waals surface area contributed by atoms with Crippen LogP contribution in [0.5, 0.6) is 11.5 Å². The van der Waals surface area contributed by atoms with Crippen LogP contribution in [-0.4, -0.2) is 32.6 Å². The second-order valence-corrected chi connectivity index (χ2v) is 8.25. The summed E-state index contributed by atoms with van der Waals surface area (Å²) >= 11 is 0. The Balaban J connectivity index is 1.50. The summed E-state index contributed by atoms with van der Waals surface area (Å²) in [5.41, 5.74) is 5.79. The largest absolute Gasteiger partial charge is 0.476 e. The van der Waals surface area contributed by atoms with E-state index in [4.69, 9.17) is 9.47 Å². The van der Waals surface area contributed by atoms with Crippen molar-refractivity contribution in [1.82, 2.24) is 14.8 Å². The van der Waals surface area contributed by atoms with Gasteiger partial charge in [0.1, 0.15) is 0 Å². The molecule has 0 unspecified atom stereocenters. The van der Waals surface area contributed by atoms with Gasteiger partial charge < -0.3 is 19.6 Å². The van der Waals surface area contributed by atoms with Gasteiger partial charge in [-0.15, -0.1) is 0 Å². The second kappa shape index (κ2) is 8.12. The lowest BCUT2D eigenvalue weighted by Gasteiger charge is -2.10. The zero-order chi connectivity index (χ0) is 23.1. The molecule has 3 heterocycles. The molecule has 0 fully saturated rings. The molecule has 7 nitrogen and oxygen atoms in total. The van der Waals surface area contributed by atoms with E-state index < -0.39 is 5.97 Å². The van der Waals surface area contributed by atoms with Gasteiger partial charge in [-0.25, -0.2) is 4.79 Å². The second-order valence-electron chi connectivity index (χ2n) is 8.25. The summed E-state index contributed by atoms with van der Waals surface area (Å²) in [7, 11) is 0. The highest BCUT2D eigenvalue weighted by molar-refractivity contribution is 5.98. The quantitative estimate of drug-likeness (QED) is 0.375. The fourth-order valence-corrected chi connectivity index (χ4v) is 4.48. The zero-order valence-corrected chi connectivity index (χ0v) is 18.2. The average Bonchev–Trinajstić information content (AvgIpc) is 3.56. The minimum Gasteiger partial charge on any atom is -0.476 e. The van der Waals surface area contributed by atoms with Crippen molar-refractivity contribution in [1.29, 1.82) is 0 Å². The summed E-state index contributed by atoms with van der Waals surface area (Å²) < 4.78 is 12.8. The first-order chi connectivity index (χ1) is 16.7. The smallest absolute Gasteiger partial charge is 0.356 e. The van der Waals surface area contributed by atoms with Crippen LogP contribution in [0.15, 0.2) is 78.9 Å². The lowest BCUT2D eigenvalue weighted by Crippen LogP contribution is -2.06. The first-order valence-corrected chi connectivity index (χ1v) is 11.0. The summed E-state index contributed by atoms with van der Waals surface area (Å²) in [6.45, 7) is 0.694. The van der Waals surface area contributed by atoms with Gasteiger partial charge in [-0.1, -0.05) is 54.6 Å². The van der Waals surface area contributed by atoms with Crippen molar-refractivity contribution in [3.8, 4) is 22.8 Å². The Labute approximate surface area is 195 Å². The number of para-hydroxylation sites is 1. The minimum atomic E-state index is -1.05. The van der Waals surface area contributed by atoms with E-state index in [1.165, 1.54) is 0 Å². The van der Waals surface area contributed by atoms with Crippen molar-refractivity contribution in [3.05, 3.63) is 101 Å². The van der Waals surface area contributed by atoms with E-state index in [-0.39, 0.29) is 12.5 Å². The number of fused-ring (bicyclic) bond motifs is 2. The number of carbonyl (C=O) groups is 1. The third-order valence-electron chi connectivity index (χ3n) is 6.03. The molecule has 0 bridgehead atoms. The molecule has 34 heavy (non-hydrogen) atoms.